The lowest BCUT2D eigenvalue weighted by atomic mass is 10.2. The molecular weight excluding hydrogens is 446 g/mol. The molecule has 0 atom stereocenters. The van der Waals surface area contributed by atoms with Crippen LogP contribution < -0.4 is 16.0 Å². The maximum atomic E-state index is 12.7. The molecule has 5 rings (SSSR count). The molecule has 0 bridgehead atoms. The van der Waals surface area contributed by atoms with E-state index in [1.165, 1.54) is 21.9 Å². The first-order chi connectivity index (χ1) is 15.8. The molecule has 1 fully saturated rings. The molecule has 1 aliphatic heterocycles. The summed E-state index contributed by atoms with van der Waals surface area (Å²) in [5, 5.41) is 12.3. The second-order valence-corrected chi connectivity index (χ2v) is 9.22. The van der Waals surface area contributed by atoms with Crippen LogP contribution in [0.1, 0.15) is 16.3 Å². The highest BCUT2D eigenvalue weighted by molar-refractivity contribution is 7.18. The van der Waals surface area contributed by atoms with Crippen molar-refractivity contribution >= 4 is 38.7 Å². The van der Waals surface area contributed by atoms with E-state index in [-0.39, 0.29) is 11.4 Å². The van der Waals surface area contributed by atoms with Crippen LogP contribution in [0.4, 0.5) is 11.5 Å². The van der Waals surface area contributed by atoms with Gasteiger partial charge in [0.2, 0.25) is 5.82 Å². The number of aromatic amines is 1. The lowest BCUT2D eigenvalue weighted by Crippen LogP contribution is -2.47. The standard InChI is InChI=1S/C21H21N7O4S/c1-12-13(2)33-20-16(12)19(29)22-14(23-20)11-25-7-9-26(10-8-25)18-17(28(31)32)21(30)27-6-4-3-5-15(27)24-18/h3-6H,7-11H2,1-2H3,(H,22,23,29). The van der Waals surface area contributed by atoms with Crippen LogP contribution in [0.15, 0.2) is 34.0 Å². The summed E-state index contributed by atoms with van der Waals surface area (Å²) in [5.41, 5.74) is -0.0231. The van der Waals surface area contributed by atoms with E-state index >= 15 is 0 Å². The minimum atomic E-state index is -0.695. The molecule has 0 saturated carbocycles. The highest BCUT2D eigenvalue weighted by Gasteiger charge is 2.30. The number of thiophene rings is 1. The Labute approximate surface area is 191 Å². The zero-order valence-corrected chi connectivity index (χ0v) is 18.9. The number of nitro groups is 1. The molecule has 0 unspecified atom stereocenters. The van der Waals surface area contributed by atoms with Gasteiger partial charge in [-0.2, -0.15) is 0 Å². The van der Waals surface area contributed by atoms with Crippen molar-refractivity contribution in [1.29, 1.82) is 0 Å². The van der Waals surface area contributed by atoms with Crippen LogP contribution in [0.2, 0.25) is 0 Å². The molecule has 1 aliphatic rings. The molecule has 33 heavy (non-hydrogen) atoms. The van der Waals surface area contributed by atoms with Gasteiger partial charge in [0.25, 0.3) is 5.56 Å². The zero-order valence-electron chi connectivity index (χ0n) is 18.1. The SMILES string of the molecule is Cc1sc2nc(CN3CCN(c4nc5ccccn5c(=O)c4[N+](=O)[O-])CC3)[nH]c(=O)c2c1C. The lowest BCUT2D eigenvalue weighted by molar-refractivity contribution is -0.385. The number of nitrogens with one attached hydrogen (secondary N) is 1. The quantitative estimate of drug-likeness (QED) is 0.355. The van der Waals surface area contributed by atoms with E-state index in [2.05, 4.69) is 19.9 Å². The van der Waals surface area contributed by atoms with Gasteiger partial charge in [-0.3, -0.25) is 29.0 Å². The summed E-state index contributed by atoms with van der Waals surface area (Å²) in [6.07, 6.45) is 1.47. The van der Waals surface area contributed by atoms with Crippen LogP contribution in [0, 0.1) is 24.0 Å². The van der Waals surface area contributed by atoms with Crippen LogP contribution in [0.25, 0.3) is 15.9 Å². The number of hydrogen-bond acceptors (Lipinski definition) is 9. The number of pyridine rings is 1. The van der Waals surface area contributed by atoms with Gasteiger partial charge in [0.15, 0.2) is 0 Å². The molecular formula is C21H21N7O4S. The zero-order chi connectivity index (χ0) is 23.3. The van der Waals surface area contributed by atoms with Gasteiger partial charge >= 0.3 is 11.2 Å². The van der Waals surface area contributed by atoms with Crippen LogP contribution >= 0.6 is 11.3 Å². The predicted molar refractivity (Wildman–Crippen MR) is 125 cm³/mol. The van der Waals surface area contributed by atoms with E-state index < -0.39 is 16.2 Å². The molecule has 5 heterocycles. The van der Waals surface area contributed by atoms with Crippen molar-refractivity contribution in [3.05, 3.63) is 71.5 Å². The van der Waals surface area contributed by atoms with Gasteiger partial charge in [0.05, 0.1) is 16.9 Å². The third kappa shape index (κ3) is 3.66. The number of hydrogen-bond donors (Lipinski definition) is 1. The molecule has 0 spiro atoms. The largest absolute Gasteiger partial charge is 0.376 e. The average molecular weight is 468 g/mol. The Morgan fingerprint density at radius 3 is 2.64 bits per heavy atom. The highest BCUT2D eigenvalue weighted by atomic mass is 32.1. The first-order valence-corrected chi connectivity index (χ1v) is 11.3. The maximum Gasteiger partial charge on any atom is 0.376 e. The number of piperazine rings is 1. The van der Waals surface area contributed by atoms with Crippen LogP contribution in [-0.4, -0.2) is 55.4 Å². The van der Waals surface area contributed by atoms with E-state index in [1.807, 2.05) is 13.8 Å². The first kappa shape index (κ1) is 21.2. The van der Waals surface area contributed by atoms with Crippen molar-refractivity contribution in [3.63, 3.8) is 0 Å². The second-order valence-electron chi connectivity index (χ2n) is 8.01. The number of aromatic nitrogens is 4. The molecule has 0 aromatic carbocycles. The summed E-state index contributed by atoms with van der Waals surface area (Å²) < 4.78 is 1.18. The topological polar surface area (TPSA) is 130 Å². The third-order valence-corrected chi connectivity index (χ3v) is 7.11. The van der Waals surface area contributed by atoms with Crippen molar-refractivity contribution in [2.75, 3.05) is 31.1 Å². The minimum Gasteiger partial charge on any atom is -0.348 e. The molecule has 4 aromatic rings. The summed E-state index contributed by atoms with van der Waals surface area (Å²) >= 11 is 1.51. The Bertz CT molecular complexity index is 1520. The van der Waals surface area contributed by atoms with Gasteiger partial charge in [0, 0.05) is 37.3 Å². The average Bonchev–Trinajstić information content (AvgIpc) is 3.07. The number of H-pyrrole nitrogens is 1. The fourth-order valence-electron chi connectivity index (χ4n) is 4.15. The van der Waals surface area contributed by atoms with Gasteiger partial charge < -0.3 is 9.88 Å². The van der Waals surface area contributed by atoms with Crippen LogP contribution in [0.3, 0.4) is 0 Å². The smallest absolute Gasteiger partial charge is 0.348 e. The van der Waals surface area contributed by atoms with E-state index in [0.717, 1.165) is 15.3 Å². The van der Waals surface area contributed by atoms with Crippen molar-refractivity contribution in [2.24, 2.45) is 0 Å². The van der Waals surface area contributed by atoms with Crippen LogP contribution in [-0.2, 0) is 6.54 Å². The third-order valence-electron chi connectivity index (χ3n) is 6.01. The molecule has 0 radical (unpaired) electrons. The summed E-state index contributed by atoms with van der Waals surface area (Å²) in [4.78, 5) is 53.9. The van der Waals surface area contributed by atoms with Gasteiger partial charge in [-0.15, -0.1) is 11.3 Å². The molecule has 1 saturated heterocycles. The second kappa shape index (κ2) is 8.05. The van der Waals surface area contributed by atoms with E-state index in [9.17, 15) is 19.7 Å². The first-order valence-electron chi connectivity index (χ1n) is 10.5. The summed E-state index contributed by atoms with van der Waals surface area (Å²) in [7, 11) is 0. The fourth-order valence-corrected chi connectivity index (χ4v) is 5.20. The van der Waals surface area contributed by atoms with Crippen molar-refractivity contribution in [1.82, 2.24) is 24.3 Å². The lowest BCUT2D eigenvalue weighted by Gasteiger charge is -2.34. The van der Waals surface area contributed by atoms with Gasteiger partial charge in [-0.1, -0.05) is 6.07 Å². The maximum absolute atomic E-state index is 12.7. The van der Waals surface area contributed by atoms with Crippen molar-refractivity contribution < 1.29 is 4.92 Å². The van der Waals surface area contributed by atoms with Gasteiger partial charge in [-0.05, 0) is 31.5 Å². The van der Waals surface area contributed by atoms with E-state index in [1.54, 1.807) is 23.1 Å². The molecule has 0 amide bonds. The summed E-state index contributed by atoms with van der Waals surface area (Å²) in [6, 6.07) is 5.01. The van der Waals surface area contributed by atoms with Gasteiger partial charge in [0.1, 0.15) is 16.3 Å². The summed E-state index contributed by atoms with van der Waals surface area (Å²) in [5.74, 6) is 0.684. The van der Waals surface area contributed by atoms with E-state index in [0.29, 0.717) is 49.6 Å². The molecule has 11 nitrogen and oxygen atoms in total. The predicted octanol–water partition coefficient (Wildman–Crippen LogP) is 1.84. The normalized spacial score (nSPS) is 14.9. The number of anilines is 1. The van der Waals surface area contributed by atoms with Gasteiger partial charge in [-0.25, -0.2) is 9.97 Å². The molecule has 12 heteroatoms. The van der Waals surface area contributed by atoms with Crippen molar-refractivity contribution in [2.45, 2.75) is 20.4 Å². The Balaban J connectivity index is 1.38. The number of aryl methyl sites for hydroxylation is 2. The van der Waals surface area contributed by atoms with E-state index in [4.69, 9.17) is 0 Å². The Morgan fingerprint density at radius 2 is 1.91 bits per heavy atom. The Morgan fingerprint density at radius 1 is 1.15 bits per heavy atom. The molecule has 1 N–H and O–H groups in total. The van der Waals surface area contributed by atoms with Crippen molar-refractivity contribution in [3.8, 4) is 0 Å². The number of rotatable bonds is 4. The molecule has 0 aliphatic carbocycles. The molecule has 170 valence electrons. The number of nitrogens with zero attached hydrogens (tertiary/aromatic N) is 6. The highest BCUT2D eigenvalue weighted by Crippen LogP contribution is 2.26. The summed E-state index contributed by atoms with van der Waals surface area (Å²) in [6.45, 7) is 6.45. The Hall–Kier alpha value is -3.64. The fraction of sp³-hybridized carbons (Fsp3) is 0.333. The minimum absolute atomic E-state index is 0.0911. The monoisotopic (exact) mass is 467 g/mol. The number of fused-ring (bicyclic) bond motifs is 2. The molecule has 4 aromatic heterocycles. The Kier molecular flexibility index (Phi) is 5.17. The van der Waals surface area contributed by atoms with Crippen LogP contribution in [0.5, 0.6) is 0 Å².